The van der Waals surface area contributed by atoms with Gasteiger partial charge in [-0.15, -0.1) is 0 Å². The van der Waals surface area contributed by atoms with Crippen molar-refractivity contribution in [3.63, 3.8) is 0 Å². The zero-order valence-corrected chi connectivity index (χ0v) is 10.0. The predicted molar refractivity (Wildman–Crippen MR) is 62.7 cm³/mol. The van der Waals surface area contributed by atoms with Crippen LogP contribution in [0.5, 0.6) is 0 Å². The lowest BCUT2D eigenvalue weighted by atomic mass is 10.2. The second-order valence-electron chi connectivity index (χ2n) is 4.15. The quantitative estimate of drug-likeness (QED) is 0.714. The first-order valence-electron chi connectivity index (χ1n) is 5.83. The van der Waals surface area contributed by atoms with Crippen LogP contribution in [0.15, 0.2) is 11.6 Å². The highest BCUT2D eigenvalue weighted by molar-refractivity contribution is 5.93. The van der Waals surface area contributed by atoms with Gasteiger partial charge in [-0.3, -0.25) is 4.79 Å². The molecule has 3 heteroatoms. The molecule has 15 heavy (non-hydrogen) atoms. The molecule has 0 bridgehead atoms. The minimum Gasteiger partial charge on any atom is -0.335 e. The molecule has 3 nitrogen and oxygen atoms in total. The molecule has 0 aliphatic carbocycles. The van der Waals surface area contributed by atoms with Gasteiger partial charge in [0, 0.05) is 24.7 Å². The van der Waals surface area contributed by atoms with Crippen LogP contribution in [0, 0.1) is 0 Å². The standard InChI is InChI=1S/C12H22N2O/c1-4-6-10(2)12(15)14-8-5-7-11(14)9-13-3/h6,11,13H,4-5,7-9H2,1-3H3/b10-6-/t11-/m0/s1. The van der Waals surface area contributed by atoms with Gasteiger partial charge in [-0.25, -0.2) is 0 Å². The van der Waals surface area contributed by atoms with E-state index in [9.17, 15) is 4.79 Å². The Hall–Kier alpha value is -0.830. The van der Waals surface area contributed by atoms with E-state index in [4.69, 9.17) is 0 Å². The highest BCUT2D eigenvalue weighted by Crippen LogP contribution is 2.19. The van der Waals surface area contributed by atoms with Gasteiger partial charge in [0.1, 0.15) is 0 Å². The molecule has 1 amide bonds. The average molecular weight is 210 g/mol. The third-order valence-corrected chi connectivity index (χ3v) is 2.93. The number of allylic oxidation sites excluding steroid dienone is 1. The van der Waals surface area contributed by atoms with E-state index < -0.39 is 0 Å². The Morgan fingerprint density at radius 1 is 1.60 bits per heavy atom. The number of amides is 1. The molecule has 0 spiro atoms. The molecule has 1 N–H and O–H groups in total. The van der Waals surface area contributed by atoms with E-state index in [0.29, 0.717) is 6.04 Å². The van der Waals surface area contributed by atoms with Gasteiger partial charge in [0.15, 0.2) is 0 Å². The van der Waals surface area contributed by atoms with Crippen molar-refractivity contribution in [2.24, 2.45) is 0 Å². The summed E-state index contributed by atoms with van der Waals surface area (Å²) >= 11 is 0. The van der Waals surface area contributed by atoms with Crippen molar-refractivity contribution < 1.29 is 4.79 Å². The number of hydrogen-bond acceptors (Lipinski definition) is 2. The summed E-state index contributed by atoms with van der Waals surface area (Å²) in [6, 6.07) is 0.391. The van der Waals surface area contributed by atoms with E-state index in [1.807, 2.05) is 24.9 Å². The van der Waals surface area contributed by atoms with Crippen molar-refractivity contribution in [2.45, 2.75) is 39.2 Å². The summed E-state index contributed by atoms with van der Waals surface area (Å²) < 4.78 is 0. The first-order chi connectivity index (χ1) is 7.20. The monoisotopic (exact) mass is 210 g/mol. The first kappa shape index (κ1) is 12.2. The SMILES string of the molecule is CC/C=C(/C)C(=O)N1CCC[C@H]1CNC. The molecule has 1 heterocycles. The van der Waals surface area contributed by atoms with Gasteiger partial charge in [0.2, 0.25) is 5.91 Å². The number of nitrogens with zero attached hydrogens (tertiary/aromatic N) is 1. The minimum atomic E-state index is 0.217. The Balaban J connectivity index is 2.62. The number of nitrogens with one attached hydrogen (secondary N) is 1. The van der Waals surface area contributed by atoms with Crippen LogP contribution < -0.4 is 5.32 Å². The van der Waals surface area contributed by atoms with Crippen molar-refractivity contribution in [3.05, 3.63) is 11.6 Å². The van der Waals surface area contributed by atoms with Gasteiger partial charge in [-0.05, 0) is 33.2 Å². The van der Waals surface area contributed by atoms with Gasteiger partial charge in [-0.2, -0.15) is 0 Å². The molecule has 1 atom stereocenters. The lowest BCUT2D eigenvalue weighted by molar-refractivity contribution is -0.127. The number of likely N-dealkylation sites (tertiary alicyclic amines) is 1. The maximum atomic E-state index is 12.1. The Morgan fingerprint density at radius 2 is 2.33 bits per heavy atom. The Morgan fingerprint density at radius 3 is 2.93 bits per heavy atom. The second-order valence-corrected chi connectivity index (χ2v) is 4.15. The van der Waals surface area contributed by atoms with E-state index in [1.54, 1.807) is 0 Å². The third-order valence-electron chi connectivity index (χ3n) is 2.93. The zero-order valence-electron chi connectivity index (χ0n) is 10.0. The highest BCUT2D eigenvalue weighted by Gasteiger charge is 2.28. The van der Waals surface area contributed by atoms with Crippen LogP contribution in [0.1, 0.15) is 33.1 Å². The van der Waals surface area contributed by atoms with Crippen LogP contribution in [-0.4, -0.2) is 37.0 Å². The Labute approximate surface area is 92.5 Å². The predicted octanol–water partition coefficient (Wildman–Crippen LogP) is 1.55. The fraction of sp³-hybridized carbons (Fsp3) is 0.750. The molecule has 0 unspecified atom stereocenters. The fourth-order valence-electron chi connectivity index (χ4n) is 2.17. The topological polar surface area (TPSA) is 32.3 Å². The molecule has 1 saturated heterocycles. The lowest BCUT2D eigenvalue weighted by Gasteiger charge is -2.24. The van der Waals surface area contributed by atoms with Crippen LogP contribution in [0.25, 0.3) is 0 Å². The number of carbonyl (C=O) groups is 1. The molecule has 1 fully saturated rings. The summed E-state index contributed by atoms with van der Waals surface area (Å²) in [6.45, 7) is 5.80. The minimum absolute atomic E-state index is 0.217. The Bertz CT molecular complexity index is 248. The maximum Gasteiger partial charge on any atom is 0.249 e. The molecular formula is C12H22N2O. The molecule has 0 aromatic heterocycles. The second kappa shape index (κ2) is 5.91. The molecule has 0 aromatic carbocycles. The van der Waals surface area contributed by atoms with E-state index in [2.05, 4.69) is 12.2 Å². The van der Waals surface area contributed by atoms with Crippen molar-refractivity contribution in [1.29, 1.82) is 0 Å². The molecule has 0 saturated carbocycles. The largest absolute Gasteiger partial charge is 0.335 e. The van der Waals surface area contributed by atoms with Crippen LogP contribution in [0.3, 0.4) is 0 Å². The van der Waals surface area contributed by atoms with Crippen molar-refractivity contribution >= 4 is 5.91 Å². The van der Waals surface area contributed by atoms with Gasteiger partial charge in [-0.1, -0.05) is 13.0 Å². The molecule has 0 radical (unpaired) electrons. The molecule has 86 valence electrons. The van der Waals surface area contributed by atoms with Gasteiger partial charge in [0.25, 0.3) is 0 Å². The molecule has 1 aliphatic heterocycles. The van der Waals surface area contributed by atoms with Gasteiger partial charge < -0.3 is 10.2 Å². The maximum absolute atomic E-state index is 12.1. The highest BCUT2D eigenvalue weighted by atomic mass is 16.2. The summed E-state index contributed by atoms with van der Waals surface area (Å²) in [5.41, 5.74) is 0.889. The summed E-state index contributed by atoms with van der Waals surface area (Å²) in [5.74, 6) is 0.217. The van der Waals surface area contributed by atoms with E-state index in [-0.39, 0.29) is 5.91 Å². The fourth-order valence-corrected chi connectivity index (χ4v) is 2.17. The van der Waals surface area contributed by atoms with Crippen LogP contribution in [0.4, 0.5) is 0 Å². The summed E-state index contributed by atoms with van der Waals surface area (Å²) in [5, 5.41) is 3.15. The van der Waals surface area contributed by atoms with Gasteiger partial charge >= 0.3 is 0 Å². The molecule has 1 aliphatic rings. The number of rotatable bonds is 4. The van der Waals surface area contributed by atoms with Crippen molar-refractivity contribution in [1.82, 2.24) is 10.2 Å². The number of likely N-dealkylation sites (N-methyl/N-ethyl adjacent to an activating group) is 1. The molecule has 1 rings (SSSR count). The number of hydrogen-bond donors (Lipinski definition) is 1. The summed E-state index contributed by atoms with van der Waals surface area (Å²) in [6.07, 6.45) is 5.21. The summed E-state index contributed by atoms with van der Waals surface area (Å²) in [4.78, 5) is 14.1. The number of carbonyl (C=O) groups excluding carboxylic acids is 1. The normalized spacial score (nSPS) is 22.2. The third kappa shape index (κ3) is 3.06. The smallest absolute Gasteiger partial charge is 0.249 e. The van der Waals surface area contributed by atoms with E-state index >= 15 is 0 Å². The zero-order chi connectivity index (χ0) is 11.3. The van der Waals surface area contributed by atoms with E-state index in [1.165, 1.54) is 0 Å². The van der Waals surface area contributed by atoms with Crippen molar-refractivity contribution in [3.8, 4) is 0 Å². The lowest BCUT2D eigenvalue weighted by Crippen LogP contribution is -2.41. The van der Waals surface area contributed by atoms with Crippen LogP contribution >= 0.6 is 0 Å². The van der Waals surface area contributed by atoms with Crippen LogP contribution in [0.2, 0.25) is 0 Å². The molecule has 0 aromatic rings. The van der Waals surface area contributed by atoms with Crippen LogP contribution in [-0.2, 0) is 4.79 Å². The van der Waals surface area contributed by atoms with Crippen molar-refractivity contribution in [2.75, 3.05) is 20.1 Å². The molecular weight excluding hydrogens is 188 g/mol. The average Bonchev–Trinajstić information content (AvgIpc) is 2.66. The summed E-state index contributed by atoms with van der Waals surface area (Å²) in [7, 11) is 1.94. The Kier molecular flexibility index (Phi) is 4.82. The van der Waals surface area contributed by atoms with E-state index in [0.717, 1.165) is 37.9 Å². The first-order valence-corrected chi connectivity index (χ1v) is 5.83. The van der Waals surface area contributed by atoms with Gasteiger partial charge in [0.05, 0.1) is 0 Å².